The molecule has 1 fully saturated rings. The molecule has 6 nitrogen and oxygen atoms in total. The first-order valence-corrected chi connectivity index (χ1v) is 9.58. The standard InChI is InChI=1S/C22H27N3O3/c1-4-23-21(26)17-9-10-20(16(3)11-17)24-22(27)25-12-19(13-25)28-14-18-8-6-5-7-15(18)2/h5-11,19H,4,12-14H2,1-3H3,(H,23,26)(H,24,27). The summed E-state index contributed by atoms with van der Waals surface area (Å²) in [7, 11) is 0. The van der Waals surface area contributed by atoms with Gasteiger partial charge in [-0.05, 0) is 55.7 Å². The van der Waals surface area contributed by atoms with Gasteiger partial charge in [-0.15, -0.1) is 0 Å². The van der Waals surface area contributed by atoms with Crippen molar-refractivity contribution < 1.29 is 14.3 Å². The summed E-state index contributed by atoms with van der Waals surface area (Å²) in [6, 6.07) is 13.3. The summed E-state index contributed by atoms with van der Waals surface area (Å²) in [4.78, 5) is 26.0. The maximum absolute atomic E-state index is 12.4. The van der Waals surface area contributed by atoms with Crippen LogP contribution >= 0.6 is 0 Å². The molecule has 6 heteroatoms. The van der Waals surface area contributed by atoms with Gasteiger partial charge in [0.25, 0.3) is 5.91 Å². The minimum atomic E-state index is -0.149. The quantitative estimate of drug-likeness (QED) is 0.805. The van der Waals surface area contributed by atoms with Gasteiger partial charge in [-0.2, -0.15) is 0 Å². The van der Waals surface area contributed by atoms with Gasteiger partial charge >= 0.3 is 6.03 Å². The zero-order chi connectivity index (χ0) is 20.1. The Morgan fingerprint density at radius 2 is 1.86 bits per heavy atom. The third-order valence-corrected chi connectivity index (χ3v) is 4.94. The summed E-state index contributed by atoms with van der Waals surface area (Å²) in [6.07, 6.45) is 0.0616. The molecule has 3 rings (SSSR count). The molecular formula is C22H27N3O3. The Kier molecular flexibility index (Phi) is 6.31. The Hall–Kier alpha value is -2.86. The monoisotopic (exact) mass is 381 g/mol. The number of nitrogens with zero attached hydrogens (tertiary/aromatic N) is 1. The number of urea groups is 1. The first-order valence-electron chi connectivity index (χ1n) is 9.58. The van der Waals surface area contributed by atoms with Gasteiger partial charge in [-0.1, -0.05) is 24.3 Å². The molecule has 1 saturated heterocycles. The third-order valence-electron chi connectivity index (χ3n) is 4.94. The van der Waals surface area contributed by atoms with Crippen LogP contribution in [0.5, 0.6) is 0 Å². The second-order valence-electron chi connectivity index (χ2n) is 7.08. The van der Waals surface area contributed by atoms with Crippen LogP contribution < -0.4 is 10.6 Å². The largest absolute Gasteiger partial charge is 0.370 e. The number of nitrogens with one attached hydrogen (secondary N) is 2. The van der Waals surface area contributed by atoms with Crippen molar-refractivity contribution in [1.29, 1.82) is 0 Å². The maximum Gasteiger partial charge on any atom is 0.322 e. The number of hydrogen-bond acceptors (Lipinski definition) is 3. The van der Waals surface area contributed by atoms with E-state index in [1.165, 1.54) is 11.1 Å². The van der Waals surface area contributed by atoms with Crippen LogP contribution in [0.4, 0.5) is 10.5 Å². The average molecular weight is 381 g/mol. The fourth-order valence-electron chi connectivity index (χ4n) is 3.09. The van der Waals surface area contributed by atoms with E-state index in [9.17, 15) is 9.59 Å². The molecule has 0 unspecified atom stereocenters. The highest BCUT2D eigenvalue weighted by atomic mass is 16.5. The van der Waals surface area contributed by atoms with Crippen molar-refractivity contribution in [2.75, 3.05) is 25.0 Å². The molecule has 28 heavy (non-hydrogen) atoms. The van der Waals surface area contributed by atoms with Gasteiger partial charge in [-0.25, -0.2) is 4.79 Å². The van der Waals surface area contributed by atoms with E-state index < -0.39 is 0 Å². The third kappa shape index (κ3) is 4.70. The van der Waals surface area contributed by atoms with Crippen LogP contribution in [0.1, 0.15) is 34.0 Å². The second kappa shape index (κ2) is 8.89. The van der Waals surface area contributed by atoms with E-state index in [2.05, 4.69) is 29.7 Å². The average Bonchev–Trinajstić information content (AvgIpc) is 2.63. The molecule has 2 N–H and O–H groups in total. The molecule has 148 valence electrons. The van der Waals surface area contributed by atoms with Gasteiger partial charge in [0, 0.05) is 17.8 Å². The van der Waals surface area contributed by atoms with Crippen LogP contribution in [0.3, 0.4) is 0 Å². The summed E-state index contributed by atoms with van der Waals surface area (Å²) >= 11 is 0. The molecule has 0 atom stereocenters. The van der Waals surface area contributed by atoms with Crippen LogP contribution in [0.15, 0.2) is 42.5 Å². The van der Waals surface area contributed by atoms with E-state index in [-0.39, 0.29) is 18.0 Å². The lowest BCUT2D eigenvalue weighted by Gasteiger charge is -2.38. The molecule has 2 aromatic carbocycles. The summed E-state index contributed by atoms with van der Waals surface area (Å²) in [6.45, 7) is 8.12. The van der Waals surface area contributed by atoms with E-state index in [1.54, 1.807) is 23.1 Å². The molecule has 0 aromatic heterocycles. The first-order chi connectivity index (χ1) is 13.5. The Balaban J connectivity index is 1.47. The topological polar surface area (TPSA) is 70.7 Å². The van der Waals surface area contributed by atoms with Crippen molar-refractivity contribution in [3.8, 4) is 0 Å². The summed E-state index contributed by atoms with van der Waals surface area (Å²) in [5, 5.41) is 5.68. The lowest BCUT2D eigenvalue weighted by Crippen LogP contribution is -2.56. The van der Waals surface area contributed by atoms with E-state index in [4.69, 9.17) is 4.74 Å². The molecule has 0 aliphatic carbocycles. The molecule has 2 aromatic rings. The Bertz CT molecular complexity index is 860. The summed E-state index contributed by atoms with van der Waals surface area (Å²) in [5.74, 6) is -0.111. The van der Waals surface area contributed by atoms with Crippen molar-refractivity contribution >= 4 is 17.6 Å². The van der Waals surface area contributed by atoms with Gasteiger partial charge < -0.3 is 20.3 Å². The Labute approximate surface area is 165 Å². The van der Waals surface area contributed by atoms with Crippen molar-refractivity contribution in [3.05, 3.63) is 64.7 Å². The van der Waals surface area contributed by atoms with Gasteiger partial charge in [0.1, 0.15) is 0 Å². The summed E-state index contributed by atoms with van der Waals surface area (Å²) < 4.78 is 5.90. The van der Waals surface area contributed by atoms with Crippen LogP contribution in [0.25, 0.3) is 0 Å². The van der Waals surface area contributed by atoms with Crippen molar-refractivity contribution in [1.82, 2.24) is 10.2 Å². The SMILES string of the molecule is CCNC(=O)c1ccc(NC(=O)N2CC(OCc3ccccc3C)C2)c(C)c1. The first kappa shape index (κ1) is 19.9. The van der Waals surface area contributed by atoms with Crippen LogP contribution in [-0.2, 0) is 11.3 Å². The number of ether oxygens (including phenoxy) is 1. The van der Waals surface area contributed by atoms with Crippen LogP contribution in [-0.4, -0.2) is 42.6 Å². The van der Waals surface area contributed by atoms with Crippen molar-refractivity contribution in [2.45, 2.75) is 33.5 Å². The van der Waals surface area contributed by atoms with Crippen molar-refractivity contribution in [3.63, 3.8) is 0 Å². The number of carbonyl (C=O) groups excluding carboxylic acids is 2. The minimum absolute atomic E-state index is 0.0616. The molecule has 1 heterocycles. The van der Waals surface area contributed by atoms with Gasteiger partial charge in [0.2, 0.25) is 0 Å². The highest BCUT2D eigenvalue weighted by Gasteiger charge is 2.31. The molecule has 0 saturated carbocycles. The van der Waals surface area contributed by atoms with Crippen molar-refractivity contribution in [2.24, 2.45) is 0 Å². The highest BCUT2D eigenvalue weighted by molar-refractivity contribution is 5.96. The number of benzene rings is 2. The number of carbonyl (C=O) groups is 2. The number of anilines is 1. The van der Waals surface area contributed by atoms with E-state index in [0.717, 1.165) is 5.56 Å². The zero-order valence-corrected chi connectivity index (χ0v) is 16.6. The second-order valence-corrected chi connectivity index (χ2v) is 7.08. The molecule has 0 radical (unpaired) electrons. The number of rotatable bonds is 6. The predicted molar refractivity (Wildman–Crippen MR) is 110 cm³/mol. The maximum atomic E-state index is 12.4. The lowest BCUT2D eigenvalue weighted by atomic mass is 10.1. The van der Waals surface area contributed by atoms with E-state index in [0.29, 0.717) is 37.5 Å². The molecule has 1 aliphatic heterocycles. The molecular weight excluding hydrogens is 354 g/mol. The Morgan fingerprint density at radius 1 is 1.11 bits per heavy atom. The van der Waals surface area contributed by atoms with Crippen LogP contribution in [0, 0.1) is 13.8 Å². The fraction of sp³-hybridized carbons (Fsp3) is 0.364. The van der Waals surface area contributed by atoms with Gasteiger partial charge in [0.05, 0.1) is 25.8 Å². The lowest BCUT2D eigenvalue weighted by molar-refractivity contribution is -0.0422. The molecule has 0 spiro atoms. The smallest absolute Gasteiger partial charge is 0.322 e. The van der Waals surface area contributed by atoms with E-state index in [1.807, 2.05) is 26.0 Å². The molecule has 1 aliphatic rings. The predicted octanol–water partition coefficient (Wildman–Crippen LogP) is 3.49. The number of likely N-dealkylation sites (tertiary alicyclic amines) is 1. The zero-order valence-electron chi connectivity index (χ0n) is 16.6. The molecule has 0 bridgehead atoms. The number of amides is 3. The van der Waals surface area contributed by atoms with Gasteiger partial charge in [-0.3, -0.25) is 4.79 Å². The number of hydrogen-bond donors (Lipinski definition) is 2. The number of aryl methyl sites for hydroxylation is 2. The Morgan fingerprint density at radius 3 is 2.54 bits per heavy atom. The normalized spacial score (nSPS) is 13.8. The fourth-order valence-corrected chi connectivity index (χ4v) is 3.09. The highest BCUT2D eigenvalue weighted by Crippen LogP contribution is 2.20. The molecule has 3 amide bonds. The van der Waals surface area contributed by atoms with Crippen LogP contribution in [0.2, 0.25) is 0 Å². The summed E-state index contributed by atoms with van der Waals surface area (Å²) in [5.41, 5.74) is 4.54. The van der Waals surface area contributed by atoms with Gasteiger partial charge in [0.15, 0.2) is 0 Å². The minimum Gasteiger partial charge on any atom is -0.370 e. The van der Waals surface area contributed by atoms with E-state index >= 15 is 0 Å².